The normalized spacial score (nSPS) is 18.2. The van der Waals surface area contributed by atoms with Gasteiger partial charge in [0.2, 0.25) is 0 Å². The van der Waals surface area contributed by atoms with Gasteiger partial charge in [0, 0.05) is 6.04 Å². The van der Waals surface area contributed by atoms with Gasteiger partial charge in [0.25, 0.3) is 0 Å². The van der Waals surface area contributed by atoms with Crippen LogP contribution < -0.4 is 5.32 Å². The van der Waals surface area contributed by atoms with Crippen molar-refractivity contribution in [3.63, 3.8) is 0 Å². The molecule has 0 heterocycles. The Kier molecular flexibility index (Phi) is 3.38. The van der Waals surface area contributed by atoms with E-state index in [-0.39, 0.29) is 12.2 Å². The molecule has 0 unspecified atom stereocenters. The van der Waals surface area contributed by atoms with Gasteiger partial charge in [0.15, 0.2) is 0 Å². The van der Waals surface area contributed by atoms with E-state index in [0.717, 1.165) is 12.8 Å². The molecular formula is C9H17NO2. The third-order valence-corrected chi connectivity index (χ3v) is 2.02. The number of hydrogen-bond acceptors (Lipinski definition) is 2. The zero-order valence-corrected chi connectivity index (χ0v) is 7.80. The molecule has 1 fully saturated rings. The minimum atomic E-state index is -0.267. The summed E-state index contributed by atoms with van der Waals surface area (Å²) in [6, 6.07) is 0.358. The Bertz CT molecular complexity index is 151. The van der Waals surface area contributed by atoms with Gasteiger partial charge >= 0.3 is 6.09 Å². The van der Waals surface area contributed by atoms with E-state index in [1.165, 1.54) is 12.8 Å². The lowest BCUT2D eigenvalue weighted by Gasteiger charge is -2.13. The van der Waals surface area contributed by atoms with Crippen molar-refractivity contribution in [2.45, 2.75) is 51.7 Å². The standard InChI is InChI=1S/C9H17NO2/c1-7(2)12-9(11)10-8-5-3-4-6-8/h7-8H,3-6H2,1-2H3,(H,10,11). The minimum Gasteiger partial charge on any atom is -0.447 e. The molecule has 1 amide bonds. The fourth-order valence-electron chi connectivity index (χ4n) is 1.48. The number of nitrogens with one attached hydrogen (secondary N) is 1. The van der Waals surface area contributed by atoms with E-state index in [1.807, 2.05) is 13.8 Å². The molecule has 3 heteroatoms. The smallest absolute Gasteiger partial charge is 0.407 e. The summed E-state index contributed by atoms with van der Waals surface area (Å²) in [5.41, 5.74) is 0. The SMILES string of the molecule is CC(C)OC(=O)NC1CCCC1. The van der Waals surface area contributed by atoms with Gasteiger partial charge < -0.3 is 10.1 Å². The zero-order valence-electron chi connectivity index (χ0n) is 7.80. The number of carbonyl (C=O) groups excluding carboxylic acids is 1. The number of carbonyl (C=O) groups is 1. The van der Waals surface area contributed by atoms with Gasteiger partial charge in [-0.1, -0.05) is 12.8 Å². The Morgan fingerprint density at radius 3 is 2.50 bits per heavy atom. The molecule has 0 saturated heterocycles. The molecule has 0 aromatic rings. The van der Waals surface area contributed by atoms with Crippen molar-refractivity contribution in [1.29, 1.82) is 0 Å². The first-order valence-corrected chi connectivity index (χ1v) is 4.65. The fraction of sp³-hybridized carbons (Fsp3) is 0.889. The van der Waals surface area contributed by atoms with Crippen molar-refractivity contribution in [3.8, 4) is 0 Å². The lowest BCUT2D eigenvalue weighted by Crippen LogP contribution is -2.34. The lowest BCUT2D eigenvalue weighted by molar-refractivity contribution is 0.112. The summed E-state index contributed by atoms with van der Waals surface area (Å²) in [5.74, 6) is 0. The molecule has 1 aliphatic carbocycles. The number of ether oxygens (including phenoxy) is 1. The topological polar surface area (TPSA) is 38.3 Å². The predicted molar refractivity (Wildman–Crippen MR) is 47.0 cm³/mol. The Balaban J connectivity index is 2.16. The third-order valence-electron chi connectivity index (χ3n) is 2.02. The highest BCUT2D eigenvalue weighted by Gasteiger charge is 2.17. The summed E-state index contributed by atoms with van der Waals surface area (Å²) in [6.07, 6.45) is 4.38. The first-order chi connectivity index (χ1) is 5.68. The summed E-state index contributed by atoms with van der Waals surface area (Å²) in [4.78, 5) is 11.1. The Morgan fingerprint density at radius 2 is 2.00 bits per heavy atom. The second kappa shape index (κ2) is 4.33. The van der Waals surface area contributed by atoms with E-state index >= 15 is 0 Å². The average molecular weight is 171 g/mol. The Hall–Kier alpha value is -0.730. The van der Waals surface area contributed by atoms with E-state index in [1.54, 1.807) is 0 Å². The van der Waals surface area contributed by atoms with Gasteiger partial charge in [0.05, 0.1) is 6.10 Å². The highest BCUT2D eigenvalue weighted by Crippen LogP contribution is 2.17. The van der Waals surface area contributed by atoms with Gasteiger partial charge in [0.1, 0.15) is 0 Å². The molecule has 70 valence electrons. The van der Waals surface area contributed by atoms with Crippen molar-refractivity contribution in [2.75, 3.05) is 0 Å². The van der Waals surface area contributed by atoms with E-state index in [9.17, 15) is 4.79 Å². The van der Waals surface area contributed by atoms with Gasteiger partial charge in [-0.15, -0.1) is 0 Å². The van der Waals surface area contributed by atoms with Crippen LogP contribution in [0.1, 0.15) is 39.5 Å². The monoisotopic (exact) mass is 171 g/mol. The molecule has 0 atom stereocenters. The van der Waals surface area contributed by atoms with Crippen molar-refractivity contribution in [1.82, 2.24) is 5.32 Å². The molecule has 1 rings (SSSR count). The third kappa shape index (κ3) is 3.11. The van der Waals surface area contributed by atoms with Crippen LogP contribution in [0, 0.1) is 0 Å². The van der Waals surface area contributed by atoms with E-state index in [4.69, 9.17) is 4.74 Å². The van der Waals surface area contributed by atoms with Crippen LogP contribution in [0.5, 0.6) is 0 Å². The highest BCUT2D eigenvalue weighted by molar-refractivity contribution is 5.67. The predicted octanol–water partition coefficient (Wildman–Crippen LogP) is 2.06. The average Bonchev–Trinajstić information content (AvgIpc) is 2.37. The maximum atomic E-state index is 11.1. The van der Waals surface area contributed by atoms with Crippen LogP contribution in [0.3, 0.4) is 0 Å². The van der Waals surface area contributed by atoms with E-state index < -0.39 is 0 Å². The van der Waals surface area contributed by atoms with E-state index in [2.05, 4.69) is 5.32 Å². The molecule has 0 bridgehead atoms. The van der Waals surface area contributed by atoms with Crippen LogP contribution in [-0.4, -0.2) is 18.2 Å². The van der Waals surface area contributed by atoms with Gasteiger partial charge in [-0.25, -0.2) is 4.79 Å². The molecule has 0 aliphatic heterocycles. The highest BCUT2D eigenvalue weighted by atomic mass is 16.6. The molecular weight excluding hydrogens is 154 g/mol. The number of alkyl carbamates (subject to hydrolysis) is 1. The molecule has 0 radical (unpaired) electrons. The lowest BCUT2D eigenvalue weighted by atomic mass is 10.3. The maximum Gasteiger partial charge on any atom is 0.407 e. The van der Waals surface area contributed by atoms with Crippen molar-refractivity contribution in [2.24, 2.45) is 0 Å². The number of rotatable bonds is 2. The molecule has 0 spiro atoms. The van der Waals surface area contributed by atoms with Crippen LogP contribution in [0.25, 0.3) is 0 Å². The molecule has 3 nitrogen and oxygen atoms in total. The largest absolute Gasteiger partial charge is 0.447 e. The maximum absolute atomic E-state index is 11.1. The molecule has 1 N–H and O–H groups in total. The van der Waals surface area contributed by atoms with Crippen LogP contribution in [0.4, 0.5) is 4.79 Å². The Labute approximate surface area is 73.5 Å². The van der Waals surface area contributed by atoms with Crippen LogP contribution in [0.2, 0.25) is 0 Å². The van der Waals surface area contributed by atoms with Crippen molar-refractivity contribution < 1.29 is 9.53 Å². The van der Waals surface area contributed by atoms with Crippen LogP contribution in [-0.2, 0) is 4.74 Å². The zero-order chi connectivity index (χ0) is 8.97. The summed E-state index contributed by atoms with van der Waals surface area (Å²) >= 11 is 0. The molecule has 0 aromatic heterocycles. The van der Waals surface area contributed by atoms with Crippen LogP contribution in [0.15, 0.2) is 0 Å². The number of amides is 1. The summed E-state index contributed by atoms with van der Waals surface area (Å²) in [6.45, 7) is 3.71. The van der Waals surface area contributed by atoms with Gasteiger partial charge in [-0.3, -0.25) is 0 Å². The molecule has 12 heavy (non-hydrogen) atoms. The molecule has 1 aliphatic rings. The van der Waals surface area contributed by atoms with Crippen LogP contribution >= 0.6 is 0 Å². The number of hydrogen-bond donors (Lipinski definition) is 1. The first-order valence-electron chi connectivity index (χ1n) is 4.65. The molecule has 1 saturated carbocycles. The van der Waals surface area contributed by atoms with Gasteiger partial charge in [-0.2, -0.15) is 0 Å². The second-order valence-electron chi connectivity index (χ2n) is 3.58. The summed E-state index contributed by atoms with van der Waals surface area (Å²) in [5, 5.41) is 2.85. The minimum absolute atomic E-state index is 0.0218. The second-order valence-corrected chi connectivity index (χ2v) is 3.58. The van der Waals surface area contributed by atoms with Crippen molar-refractivity contribution in [3.05, 3.63) is 0 Å². The van der Waals surface area contributed by atoms with Gasteiger partial charge in [-0.05, 0) is 26.7 Å². The first kappa shape index (κ1) is 9.36. The quantitative estimate of drug-likeness (QED) is 0.690. The van der Waals surface area contributed by atoms with E-state index in [0.29, 0.717) is 6.04 Å². The molecule has 0 aromatic carbocycles. The Morgan fingerprint density at radius 1 is 1.42 bits per heavy atom. The summed E-state index contributed by atoms with van der Waals surface area (Å²) in [7, 11) is 0. The summed E-state index contributed by atoms with van der Waals surface area (Å²) < 4.78 is 4.96. The fourth-order valence-corrected chi connectivity index (χ4v) is 1.48. The van der Waals surface area contributed by atoms with Crippen molar-refractivity contribution >= 4 is 6.09 Å².